The maximum absolute atomic E-state index is 8.30. The first-order chi connectivity index (χ1) is 4.91. The van der Waals surface area contributed by atoms with Crippen LogP contribution >= 0.6 is 0 Å². The lowest BCUT2D eigenvalue weighted by Crippen LogP contribution is -2.21. The summed E-state index contributed by atoms with van der Waals surface area (Å²) in [5.41, 5.74) is 2.56. The molecule has 0 aliphatic carbocycles. The standard InChI is InChI=1S/C6H15NO3/c1-2-9-5-6-10-7-3-4-8/h7-8H,2-6H2,1H3. The van der Waals surface area contributed by atoms with Crippen LogP contribution in [0.25, 0.3) is 0 Å². The predicted octanol–water partition coefficient (Wildman–Crippen LogP) is -0.464. The third-order valence-electron chi connectivity index (χ3n) is 0.850. The van der Waals surface area contributed by atoms with E-state index in [0.29, 0.717) is 26.4 Å². The first-order valence-electron chi connectivity index (χ1n) is 3.45. The van der Waals surface area contributed by atoms with Gasteiger partial charge in [0.05, 0.1) is 19.8 Å². The number of aliphatic hydroxyl groups is 1. The van der Waals surface area contributed by atoms with E-state index >= 15 is 0 Å². The second-order valence-electron chi connectivity index (χ2n) is 1.66. The lowest BCUT2D eigenvalue weighted by molar-refractivity contribution is -0.00693. The van der Waals surface area contributed by atoms with Crippen molar-refractivity contribution in [2.24, 2.45) is 0 Å². The van der Waals surface area contributed by atoms with E-state index in [9.17, 15) is 0 Å². The molecule has 0 unspecified atom stereocenters. The second-order valence-corrected chi connectivity index (χ2v) is 1.66. The Hall–Kier alpha value is -0.160. The number of ether oxygens (including phenoxy) is 1. The van der Waals surface area contributed by atoms with Crippen molar-refractivity contribution in [3.63, 3.8) is 0 Å². The van der Waals surface area contributed by atoms with Gasteiger partial charge in [-0.2, -0.15) is 0 Å². The van der Waals surface area contributed by atoms with Gasteiger partial charge in [-0.1, -0.05) is 0 Å². The molecule has 0 fully saturated rings. The number of hydrogen-bond acceptors (Lipinski definition) is 4. The molecular weight excluding hydrogens is 134 g/mol. The number of hydrogen-bond donors (Lipinski definition) is 2. The van der Waals surface area contributed by atoms with Crippen molar-refractivity contribution in [1.29, 1.82) is 0 Å². The summed E-state index contributed by atoms with van der Waals surface area (Å²) in [6.45, 7) is 4.31. The summed E-state index contributed by atoms with van der Waals surface area (Å²) in [5, 5.41) is 8.30. The predicted molar refractivity (Wildman–Crippen MR) is 37.5 cm³/mol. The molecule has 10 heavy (non-hydrogen) atoms. The Balaban J connectivity index is 2.65. The van der Waals surface area contributed by atoms with Gasteiger partial charge in [-0.25, -0.2) is 5.48 Å². The zero-order chi connectivity index (χ0) is 7.66. The Morgan fingerprint density at radius 1 is 1.40 bits per heavy atom. The van der Waals surface area contributed by atoms with Gasteiger partial charge >= 0.3 is 0 Å². The number of rotatable bonds is 7. The normalized spacial score (nSPS) is 10.2. The number of hydroxylamine groups is 1. The minimum absolute atomic E-state index is 0.0919. The summed E-state index contributed by atoms with van der Waals surface area (Å²) in [5.74, 6) is 0. The average Bonchev–Trinajstić information content (AvgIpc) is 1.97. The first-order valence-corrected chi connectivity index (χ1v) is 3.45. The van der Waals surface area contributed by atoms with Gasteiger partial charge in [0.2, 0.25) is 0 Å². The van der Waals surface area contributed by atoms with Gasteiger partial charge in [-0.3, -0.25) is 4.84 Å². The topological polar surface area (TPSA) is 50.7 Å². The highest BCUT2D eigenvalue weighted by molar-refractivity contribution is 4.28. The highest BCUT2D eigenvalue weighted by Crippen LogP contribution is 1.73. The van der Waals surface area contributed by atoms with E-state index in [1.807, 2.05) is 6.92 Å². The van der Waals surface area contributed by atoms with E-state index in [-0.39, 0.29) is 6.61 Å². The maximum Gasteiger partial charge on any atom is 0.0916 e. The third kappa shape index (κ3) is 7.84. The van der Waals surface area contributed by atoms with E-state index < -0.39 is 0 Å². The van der Waals surface area contributed by atoms with E-state index in [4.69, 9.17) is 14.7 Å². The zero-order valence-corrected chi connectivity index (χ0v) is 6.30. The second kappa shape index (κ2) is 8.84. The Kier molecular flexibility index (Phi) is 8.70. The minimum atomic E-state index is 0.0919. The van der Waals surface area contributed by atoms with Gasteiger partial charge in [0.15, 0.2) is 0 Å². The Bertz CT molecular complexity index is 53.0. The molecule has 62 valence electrons. The van der Waals surface area contributed by atoms with Gasteiger partial charge in [0.25, 0.3) is 0 Å². The van der Waals surface area contributed by atoms with Crippen LogP contribution in [0, 0.1) is 0 Å². The SMILES string of the molecule is CCOCCONCCO. The summed E-state index contributed by atoms with van der Waals surface area (Å²) in [4.78, 5) is 4.84. The van der Waals surface area contributed by atoms with Crippen molar-refractivity contribution in [1.82, 2.24) is 5.48 Å². The zero-order valence-electron chi connectivity index (χ0n) is 6.30. The molecule has 4 heteroatoms. The average molecular weight is 149 g/mol. The van der Waals surface area contributed by atoms with E-state index in [2.05, 4.69) is 5.48 Å². The highest BCUT2D eigenvalue weighted by Gasteiger charge is 1.85. The Morgan fingerprint density at radius 3 is 2.80 bits per heavy atom. The van der Waals surface area contributed by atoms with E-state index in [1.165, 1.54) is 0 Å². The van der Waals surface area contributed by atoms with Crippen molar-refractivity contribution in [3.8, 4) is 0 Å². The molecule has 0 amide bonds. The molecule has 0 atom stereocenters. The molecule has 0 aromatic heterocycles. The van der Waals surface area contributed by atoms with Crippen LogP contribution in [0.3, 0.4) is 0 Å². The molecule has 0 radical (unpaired) electrons. The monoisotopic (exact) mass is 149 g/mol. The molecule has 0 spiro atoms. The fourth-order valence-corrected chi connectivity index (χ4v) is 0.435. The summed E-state index contributed by atoms with van der Waals surface area (Å²) >= 11 is 0. The van der Waals surface area contributed by atoms with Crippen molar-refractivity contribution in [2.75, 3.05) is 33.0 Å². The summed E-state index contributed by atoms with van der Waals surface area (Å²) < 4.78 is 4.99. The molecule has 0 saturated heterocycles. The molecule has 0 aromatic rings. The molecule has 0 saturated carbocycles. The van der Waals surface area contributed by atoms with Crippen LogP contribution in [0.15, 0.2) is 0 Å². The van der Waals surface area contributed by atoms with Gasteiger partial charge in [-0.15, -0.1) is 0 Å². The lowest BCUT2D eigenvalue weighted by Gasteiger charge is -2.03. The van der Waals surface area contributed by atoms with Gasteiger partial charge in [0, 0.05) is 13.2 Å². The Morgan fingerprint density at radius 2 is 2.20 bits per heavy atom. The smallest absolute Gasteiger partial charge is 0.0916 e. The maximum atomic E-state index is 8.30. The van der Waals surface area contributed by atoms with Crippen molar-refractivity contribution >= 4 is 0 Å². The van der Waals surface area contributed by atoms with Crippen LogP contribution in [0.1, 0.15) is 6.92 Å². The molecule has 2 N–H and O–H groups in total. The number of nitrogens with one attached hydrogen (secondary N) is 1. The molecule has 0 aliphatic rings. The van der Waals surface area contributed by atoms with E-state index in [0.717, 1.165) is 0 Å². The van der Waals surface area contributed by atoms with Crippen molar-refractivity contribution in [2.45, 2.75) is 6.92 Å². The summed E-state index contributed by atoms with van der Waals surface area (Å²) in [6, 6.07) is 0. The van der Waals surface area contributed by atoms with Crippen LogP contribution in [-0.2, 0) is 9.57 Å². The van der Waals surface area contributed by atoms with Crippen molar-refractivity contribution < 1.29 is 14.7 Å². The van der Waals surface area contributed by atoms with E-state index in [1.54, 1.807) is 0 Å². The molecule has 0 aliphatic heterocycles. The number of aliphatic hydroxyl groups excluding tert-OH is 1. The quantitative estimate of drug-likeness (QED) is 0.380. The highest BCUT2D eigenvalue weighted by atomic mass is 16.7. The van der Waals surface area contributed by atoms with Gasteiger partial charge in [-0.05, 0) is 6.92 Å². The summed E-state index contributed by atoms with van der Waals surface area (Å²) in [6.07, 6.45) is 0. The van der Waals surface area contributed by atoms with Crippen LogP contribution in [-0.4, -0.2) is 38.1 Å². The van der Waals surface area contributed by atoms with Crippen LogP contribution in [0.5, 0.6) is 0 Å². The molecule has 4 nitrogen and oxygen atoms in total. The molecule has 0 bridgehead atoms. The van der Waals surface area contributed by atoms with Crippen LogP contribution < -0.4 is 5.48 Å². The third-order valence-corrected chi connectivity index (χ3v) is 0.850. The lowest BCUT2D eigenvalue weighted by atomic mass is 10.7. The fraction of sp³-hybridized carbons (Fsp3) is 1.00. The van der Waals surface area contributed by atoms with Crippen LogP contribution in [0.2, 0.25) is 0 Å². The van der Waals surface area contributed by atoms with Crippen molar-refractivity contribution in [3.05, 3.63) is 0 Å². The fourth-order valence-electron chi connectivity index (χ4n) is 0.435. The Labute approximate surface area is 61.1 Å². The first kappa shape index (κ1) is 9.84. The molecule has 0 aromatic carbocycles. The minimum Gasteiger partial charge on any atom is -0.395 e. The summed E-state index contributed by atoms with van der Waals surface area (Å²) in [7, 11) is 0. The molecule has 0 heterocycles. The molecular formula is C6H15NO3. The largest absolute Gasteiger partial charge is 0.395 e. The van der Waals surface area contributed by atoms with Gasteiger partial charge < -0.3 is 9.84 Å². The van der Waals surface area contributed by atoms with Crippen LogP contribution in [0.4, 0.5) is 0 Å². The van der Waals surface area contributed by atoms with Gasteiger partial charge in [0.1, 0.15) is 0 Å². The molecule has 0 rings (SSSR count).